The summed E-state index contributed by atoms with van der Waals surface area (Å²) in [4.78, 5) is 4.23. The second-order valence-corrected chi connectivity index (χ2v) is 3.59. The molecule has 0 aliphatic carbocycles. The van der Waals surface area contributed by atoms with Crippen molar-refractivity contribution in [3.05, 3.63) is 42.2 Å². The van der Waals surface area contributed by atoms with Gasteiger partial charge in [0.05, 0.1) is 11.9 Å². The summed E-state index contributed by atoms with van der Waals surface area (Å²) >= 11 is 8.30. The van der Waals surface area contributed by atoms with Gasteiger partial charge in [-0.05, 0) is 23.7 Å². The van der Waals surface area contributed by atoms with Crippen LogP contribution in [-0.2, 0) is 15.1 Å². The van der Waals surface area contributed by atoms with E-state index in [4.69, 9.17) is 5.73 Å². The number of halogens is 1. The molecule has 3 N–H and O–H groups in total. The standard InChI is InChI=1S/C11H10N4S.ClH.Cu/c12-11(16)15-14-7-10-9-4-2-1-3-8(9)5-6-13-10;;/h1-7H,(H3,12,15,16);1H;/q;;+1/p-1. The number of thiocarbonyl (C=S) groups is 1. The molecule has 0 radical (unpaired) electrons. The van der Waals surface area contributed by atoms with E-state index in [2.05, 4.69) is 52.9 Å². The van der Waals surface area contributed by atoms with Crippen LogP contribution in [0.2, 0.25) is 0 Å². The van der Waals surface area contributed by atoms with Gasteiger partial charge in [0.2, 0.25) is 0 Å². The molecule has 0 unspecified atom stereocenters. The first-order valence-corrected chi connectivity index (χ1v) is 6.51. The normalized spacial score (nSPS) is 9.94. The zero-order valence-electron chi connectivity index (χ0n) is 9.10. The van der Waals surface area contributed by atoms with E-state index >= 15 is 0 Å². The minimum atomic E-state index is 0.136. The van der Waals surface area contributed by atoms with Gasteiger partial charge in [-0.2, -0.15) is 5.10 Å². The number of hydrogen-bond acceptors (Lipinski definition) is 3. The molecule has 0 amide bonds. The predicted octanol–water partition coefficient (Wildman–Crippen LogP) is 2.09. The SMILES string of the molecule is NC(=S)NN=Cc1nccc2ccccc12.[Cl][Cu]. The fraction of sp³-hybridized carbons (Fsp3) is 0. The van der Waals surface area contributed by atoms with Crippen LogP contribution in [0.4, 0.5) is 0 Å². The Hall–Kier alpha value is -1.20. The van der Waals surface area contributed by atoms with E-state index < -0.39 is 0 Å². The predicted molar refractivity (Wildman–Crippen MR) is 75.1 cm³/mol. The van der Waals surface area contributed by atoms with Crippen molar-refractivity contribution in [2.45, 2.75) is 0 Å². The summed E-state index contributed by atoms with van der Waals surface area (Å²) in [5, 5.41) is 6.18. The van der Waals surface area contributed by atoms with E-state index in [-0.39, 0.29) is 5.11 Å². The van der Waals surface area contributed by atoms with Crippen LogP contribution in [0.15, 0.2) is 41.6 Å². The Balaban J connectivity index is 0.000000771. The van der Waals surface area contributed by atoms with Gasteiger partial charge in [-0.25, -0.2) is 0 Å². The number of aromatic nitrogens is 1. The second-order valence-electron chi connectivity index (χ2n) is 3.15. The topological polar surface area (TPSA) is 63.3 Å². The number of rotatable bonds is 2. The summed E-state index contributed by atoms with van der Waals surface area (Å²) in [7, 11) is 4.20. The molecule has 98 valence electrons. The molecule has 2 aromatic rings. The number of nitrogens with one attached hydrogen (secondary N) is 1. The molecular formula is C11H10ClCuN4S. The van der Waals surface area contributed by atoms with Crippen LogP contribution in [-0.4, -0.2) is 16.3 Å². The quantitative estimate of drug-likeness (QED) is 0.383. The third-order valence-corrected chi connectivity index (χ3v) is 2.16. The Labute approximate surface area is 123 Å². The number of pyridine rings is 1. The number of nitrogens with two attached hydrogens (primary N) is 1. The van der Waals surface area contributed by atoms with Crippen LogP contribution >= 0.6 is 22.3 Å². The first kappa shape index (κ1) is 14.9. The monoisotopic (exact) mass is 328 g/mol. The minimum absolute atomic E-state index is 0.136. The van der Waals surface area contributed by atoms with Gasteiger partial charge >= 0.3 is 25.2 Å². The van der Waals surface area contributed by atoms with E-state index in [1.165, 1.54) is 0 Å². The summed E-state index contributed by atoms with van der Waals surface area (Å²) in [5.74, 6) is 0. The third-order valence-electron chi connectivity index (χ3n) is 2.07. The first-order chi connectivity index (χ1) is 8.77. The second kappa shape index (κ2) is 8.00. The van der Waals surface area contributed by atoms with Crippen molar-refractivity contribution in [1.82, 2.24) is 10.4 Å². The van der Waals surface area contributed by atoms with Gasteiger partial charge in [0.1, 0.15) is 0 Å². The average Bonchev–Trinajstić information content (AvgIpc) is 2.41. The van der Waals surface area contributed by atoms with E-state index in [0.717, 1.165) is 16.5 Å². The molecule has 0 saturated heterocycles. The zero-order valence-corrected chi connectivity index (χ0v) is 11.6. The molecular weight excluding hydrogens is 319 g/mol. The molecule has 0 saturated carbocycles. The maximum atomic E-state index is 5.26. The Morgan fingerprint density at radius 3 is 2.83 bits per heavy atom. The molecule has 0 spiro atoms. The van der Waals surface area contributed by atoms with Gasteiger partial charge < -0.3 is 5.73 Å². The van der Waals surface area contributed by atoms with Crippen molar-refractivity contribution in [1.29, 1.82) is 0 Å². The number of nitrogens with zero attached hydrogens (tertiary/aromatic N) is 2. The van der Waals surface area contributed by atoms with Crippen molar-refractivity contribution in [2.24, 2.45) is 10.8 Å². The molecule has 18 heavy (non-hydrogen) atoms. The molecule has 1 aromatic heterocycles. The number of fused-ring (bicyclic) bond motifs is 1. The molecule has 2 rings (SSSR count). The summed E-state index contributed by atoms with van der Waals surface area (Å²) in [5.41, 5.74) is 8.53. The van der Waals surface area contributed by atoms with E-state index in [1.54, 1.807) is 12.4 Å². The molecule has 1 aromatic carbocycles. The number of hydrazone groups is 1. The van der Waals surface area contributed by atoms with Gasteiger partial charge in [0.25, 0.3) is 0 Å². The Bertz CT molecular complexity index is 556. The average molecular weight is 329 g/mol. The Morgan fingerprint density at radius 1 is 1.39 bits per heavy atom. The van der Waals surface area contributed by atoms with Crippen molar-refractivity contribution < 1.29 is 15.1 Å². The summed E-state index contributed by atoms with van der Waals surface area (Å²) in [6.07, 6.45) is 3.34. The molecule has 4 nitrogen and oxygen atoms in total. The molecule has 0 aliphatic heterocycles. The Morgan fingerprint density at radius 2 is 2.11 bits per heavy atom. The zero-order chi connectivity index (χ0) is 13.4. The van der Waals surface area contributed by atoms with Crippen LogP contribution in [0.3, 0.4) is 0 Å². The van der Waals surface area contributed by atoms with Crippen LogP contribution < -0.4 is 11.2 Å². The number of hydrogen-bond donors (Lipinski definition) is 2. The molecule has 0 aliphatic rings. The summed E-state index contributed by atoms with van der Waals surface area (Å²) in [6.45, 7) is 0. The van der Waals surface area contributed by atoms with Crippen LogP contribution in [0.25, 0.3) is 10.8 Å². The molecule has 1 heterocycles. The summed E-state index contributed by atoms with van der Waals surface area (Å²) in [6, 6.07) is 9.91. The fourth-order valence-electron chi connectivity index (χ4n) is 1.40. The molecule has 0 fully saturated rings. The van der Waals surface area contributed by atoms with Crippen LogP contribution in [0.5, 0.6) is 0 Å². The summed E-state index contributed by atoms with van der Waals surface area (Å²) < 4.78 is 0. The van der Waals surface area contributed by atoms with E-state index in [0.29, 0.717) is 0 Å². The van der Waals surface area contributed by atoms with Crippen molar-refractivity contribution in [2.75, 3.05) is 0 Å². The first-order valence-electron chi connectivity index (χ1n) is 4.81. The van der Waals surface area contributed by atoms with Gasteiger partial charge in [-0.15, -0.1) is 0 Å². The van der Waals surface area contributed by atoms with Gasteiger partial charge in [-0.1, -0.05) is 24.3 Å². The van der Waals surface area contributed by atoms with Crippen molar-refractivity contribution in [3.8, 4) is 0 Å². The van der Waals surface area contributed by atoms with E-state index in [1.807, 2.05) is 30.3 Å². The van der Waals surface area contributed by atoms with Gasteiger partial charge in [0.15, 0.2) is 5.11 Å². The van der Waals surface area contributed by atoms with Gasteiger partial charge in [0, 0.05) is 11.6 Å². The molecule has 7 heteroatoms. The van der Waals surface area contributed by atoms with Crippen LogP contribution in [0.1, 0.15) is 5.69 Å². The third kappa shape index (κ3) is 4.23. The van der Waals surface area contributed by atoms with Crippen LogP contribution in [0, 0.1) is 0 Å². The van der Waals surface area contributed by atoms with Crippen molar-refractivity contribution in [3.63, 3.8) is 0 Å². The number of benzene rings is 1. The molecule has 0 atom stereocenters. The fourth-order valence-corrected chi connectivity index (χ4v) is 1.46. The molecule has 0 bridgehead atoms. The van der Waals surface area contributed by atoms with Gasteiger partial charge in [-0.3, -0.25) is 10.4 Å². The Kier molecular flexibility index (Phi) is 6.60. The van der Waals surface area contributed by atoms with Crippen molar-refractivity contribution >= 4 is 44.4 Å². The maximum absolute atomic E-state index is 5.26. The van der Waals surface area contributed by atoms with E-state index in [9.17, 15) is 0 Å².